The molecule has 2 heterocycles. The Morgan fingerprint density at radius 3 is 2.48 bits per heavy atom. The number of nitrogens with zero attached hydrogens (tertiary/aromatic N) is 3. The van der Waals surface area contributed by atoms with Crippen molar-refractivity contribution in [1.29, 1.82) is 5.26 Å². The second-order valence-electron chi connectivity index (χ2n) is 8.28. The number of nitriles is 1. The summed E-state index contributed by atoms with van der Waals surface area (Å²) in [5.74, 6) is 0.431. The molecule has 4 rings (SSSR count). The fourth-order valence-electron chi connectivity index (χ4n) is 4.34. The highest BCUT2D eigenvalue weighted by Crippen LogP contribution is 2.37. The number of hydrogen-bond donors (Lipinski definition) is 1. The third kappa shape index (κ3) is 5.22. The summed E-state index contributed by atoms with van der Waals surface area (Å²) in [6.45, 7) is 1.74. The van der Waals surface area contributed by atoms with E-state index in [1.165, 1.54) is 34.0 Å². The third-order valence-electron chi connectivity index (χ3n) is 6.18. The fourth-order valence-corrected chi connectivity index (χ4v) is 7.02. The van der Waals surface area contributed by atoms with Gasteiger partial charge in [0.25, 0.3) is 0 Å². The minimum atomic E-state index is -3.59. The number of nitrogens with one attached hydrogen (secondary N) is 1. The molecular weight excluding hydrogens is 460 g/mol. The van der Waals surface area contributed by atoms with Crippen LogP contribution in [0, 0.1) is 11.3 Å². The summed E-state index contributed by atoms with van der Waals surface area (Å²) in [6.07, 6.45) is 5.24. The molecule has 1 aromatic heterocycles. The van der Waals surface area contributed by atoms with Crippen molar-refractivity contribution in [2.45, 2.75) is 37.0 Å². The molecule has 10 heteroatoms. The van der Waals surface area contributed by atoms with Crippen LogP contribution in [0.4, 0.5) is 5.00 Å². The van der Waals surface area contributed by atoms with E-state index >= 15 is 0 Å². The molecule has 0 bridgehead atoms. The van der Waals surface area contributed by atoms with E-state index in [0.717, 1.165) is 31.2 Å². The number of hydrogen-bond acceptors (Lipinski definition) is 7. The van der Waals surface area contributed by atoms with Crippen LogP contribution in [-0.4, -0.2) is 63.4 Å². The molecule has 2 aromatic rings. The van der Waals surface area contributed by atoms with Gasteiger partial charge in [0.1, 0.15) is 16.8 Å². The first kappa shape index (κ1) is 23.7. The third-order valence-corrected chi connectivity index (χ3v) is 9.30. The highest BCUT2D eigenvalue weighted by Gasteiger charge is 2.29. The molecule has 1 aliphatic heterocycles. The Bertz CT molecular complexity index is 1140. The van der Waals surface area contributed by atoms with Gasteiger partial charge in [-0.2, -0.15) is 9.57 Å². The molecular formula is C23H28N4O4S2. The predicted molar refractivity (Wildman–Crippen MR) is 127 cm³/mol. The number of piperazine rings is 1. The van der Waals surface area contributed by atoms with Crippen LogP contribution < -0.4 is 10.1 Å². The molecule has 33 heavy (non-hydrogen) atoms. The summed E-state index contributed by atoms with van der Waals surface area (Å²) in [6, 6.07) is 8.64. The Kier molecular flexibility index (Phi) is 7.34. The first-order valence-electron chi connectivity index (χ1n) is 11.1. The van der Waals surface area contributed by atoms with E-state index in [0.29, 0.717) is 42.5 Å². The number of amides is 1. The molecule has 0 radical (unpaired) electrons. The molecule has 2 aliphatic rings. The van der Waals surface area contributed by atoms with Gasteiger partial charge in [0.05, 0.1) is 24.1 Å². The normalized spacial score (nSPS) is 17.6. The summed E-state index contributed by atoms with van der Waals surface area (Å²) in [5.41, 5.74) is 1.72. The molecule has 1 amide bonds. The first-order valence-corrected chi connectivity index (χ1v) is 13.4. The number of aryl methyl sites for hydroxylation is 1. The van der Waals surface area contributed by atoms with Crippen molar-refractivity contribution >= 4 is 32.3 Å². The van der Waals surface area contributed by atoms with Crippen molar-refractivity contribution in [2.75, 3.05) is 45.2 Å². The monoisotopic (exact) mass is 488 g/mol. The van der Waals surface area contributed by atoms with Crippen molar-refractivity contribution in [3.8, 4) is 11.8 Å². The van der Waals surface area contributed by atoms with E-state index in [-0.39, 0.29) is 17.3 Å². The molecule has 1 aromatic carbocycles. The second kappa shape index (κ2) is 10.2. The Hall–Kier alpha value is -2.45. The maximum atomic E-state index is 12.9. The number of sulfonamides is 1. The minimum absolute atomic E-state index is 0.170. The number of benzene rings is 1. The van der Waals surface area contributed by atoms with Crippen LogP contribution >= 0.6 is 11.3 Å². The lowest BCUT2D eigenvalue weighted by Crippen LogP contribution is -2.50. The zero-order valence-corrected chi connectivity index (χ0v) is 20.3. The van der Waals surface area contributed by atoms with Crippen molar-refractivity contribution in [3.05, 3.63) is 40.3 Å². The smallest absolute Gasteiger partial charge is 0.243 e. The zero-order valence-electron chi connectivity index (χ0n) is 18.7. The van der Waals surface area contributed by atoms with Crippen molar-refractivity contribution in [1.82, 2.24) is 9.21 Å². The summed E-state index contributed by atoms with van der Waals surface area (Å²) in [5, 5.41) is 13.2. The van der Waals surface area contributed by atoms with Gasteiger partial charge in [0.2, 0.25) is 15.9 Å². The second-order valence-corrected chi connectivity index (χ2v) is 11.3. The number of fused-ring (bicyclic) bond motifs is 1. The molecule has 0 spiro atoms. The number of ether oxygens (including phenoxy) is 1. The van der Waals surface area contributed by atoms with E-state index in [1.807, 2.05) is 4.90 Å². The molecule has 8 nitrogen and oxygen atoms in total. The zero-order chi connectivity index (χ0) is 23.4. The number of methoxy groups -OCH3 is 1. The summed E-state index contributed by atoms with van der Waals surface area (Å²) in [7, 11) is -2.05. The van der Waals surface area contributed by atoms with Crippen LogP contribution in [0.15, 0.2) is 29.2 Å². The molecule has 1 fully saturated rings. The van der Waals surface area contributed by atoms with Gasteiger partial charge in [-0.25, -0.2) is 8.42 Å². The quantitative estimate of drug-likeness (QED) is 0.628. The largest absolute Gasteiger partial charge is 0.497 e. The van der Waals surface area contributed by atoms with Gasteiger partial charge in [-0.15, -0.1) is 11.3 Å². The van der Waals surface area contributed by atoms with Crippen LogP contribution in [0.5, 0.6) is 5.75 Å². The lowest BCUT2D eigenvalue weighted by Gasteiger charge is -2.33. The van der Waals surface area contributed by atoms with Crippen LogP contribution in [0.1, 0.15) is 35.3 Å². The molecule has 1 aliphatic carbocycles. The van der Waals surface area contributed by atoms with E-state index < -0.39 is 10.0 Å². The number of anilines is 1. The Morgan fingerprint density at radius 1 is 1.12 bits per heavy atom. The standard InChI is InChI=1S/C23H28N4O4S2/c1-31-17-7-9-18(10-8-17)33(29,30)27-13-11-26(12-14-27)16-22(28)25-23-20(15-24)19-5-3-2-4-6-21(19)32-23/h7-10H,2-6,11-14,16H2,1H3,(H,25,28). The van der Waals surface area contributed by atoms with Gasteiger partial charge in [0, 0.05) is 31.1 Å². The number of thiophene rings is 1. The SMILES string of the molecule is COc1ccc(S(=O)(=O)N2CCN(CC(=O)Nc3sc4c(c3C#N)CCCCC4)CC2)cc1. The van der Waals surface area contributed by atoms with E-state index in [9.17, 15) is 18.5 Å². The maximum absolute atomic E-state index is 12.9. The van der Waals surface area contributed by atoms with Gasteiger partial charge in [-0.1, -0.05) is 6.42 Å². The lowest BCUT2D eigenvalue weighted by molar-refractivity contribution is -0.117. The number of rotatable bonds is 6. The molecule has 1 N–H and O–H groups in total. The van der Waals surface area contributed by atoms with Gasteiger partial charge < -0.3 is 10.1 Å². The highest BCUT2D eigenvalue weighted by atomic mass is 32.2. The fraction of sp³-hybridized carbons (Fsp3) is 0.478. The maximum Gasteiger partial charge on any atom is 0.243 e. The summed E-state index contributed by atoms with van der Waals surface area (Å²) < 4.78 is 32.4. The molecule has 1 saturated heterocycles. The average Bonchev–Trinajstić information content (AvgIpc) is 2.98. The highest BCUT2D eigenvalue weighted by molar-refractivity contribution is 7.89. The molecule has 0 unspecified atom stereocenters. The Labute approximate surface area is 198 Å². The average molecular weight is 489 g/mol. The van der Waals surface area contributed by atoms with Crippen molar-refractivity contribution in [2.24, 2.45) is 0 Å². The first-order chi connectivity index (χ1) is 15.9. The predicted octanol–water partition coefficient (Wildman–Crippen LogP) is 2.84. The van der Waals surface area contributed by atoms with Gasteiger partial charge in [-0.3, -0.25) is 9.69 Å². The van der Waals surface area contributed by atoms with Crippen LogP contribution in [0.2, 0.25) is 0 Å². The van der Waals surface area contributed by atoms with Crippen molar-refractivity contribution in [3.63, 3.8) is 0 Å². The minimum Gasteiger partial charge on any atom is -0.497 e. The Morgan fingerprint density at radius 2 is 1.82 bits per heavy atom. The van der Waals surface area contributed by atoms with E-state index in [1.54, 1.807) is 24.3 Å². The number of carbonyl (C=O) groups excluding carboxylic acids is 1. The summed E-state index contributed by atoms with van der Waals surface area (Å²) >= 11 is 1.52. The van der Waals surface area contributed by atoms with E-state index in [4.69, 9.17) is 4.74 Å². The van der Waals surface area contributed by atoms with Crippen LogP contribution in [0.25, 0.3) is 0 Å². The summed E-state index contributed by atoms with van der Waals surface area (Å²) in [4.78, 5) is 16.1. The topological polar surface area (TPSA) is 103 Å². The van der Waals surface area contributed by atoms with Gasteiger partial charge >= 0.3 is 0 Å². The lowest BCUT2D eigenvalue weighted by atomic mass is 10.1. The van der Waals surface area contributed by atoms with Gasteiger partial charge in [-0.05, 0) is 55.5 Å². The van der Waals surface area contributed by atoms with Gasteiger partial charge in [0.15, 0.2) is 0 Å². The molecule has 176 valence electrons. The van der Waals surface area contributed by atoms with Crippen LogP contribution in [-0.2, 0) is 27.7 Å². The molecule has 0 atom stereocenters. The van der Waals surface area contributed by atoms with Crippen LogP contribution in [0.3, 0.4) is 0 Å². The molecule has 0 saturated carbocycles. The number of carbonyl (C=O) groups is 1. The van der Waals surface area contributed by atoms with Crippen molar-refractivity contribution < 1.29 is 17.9 Å². The Balaban J connectivity index is 1.34. The van der Waals surface area contributed by atoms with E-state index in [2.05, 4.69) is 11.4 Å².